The normalized spacial score (nSPS) is 18.2. The highest BCUT2D eigenvalue weighted by Crippen LogP contribution is 2.35. The molecule has 0 bridgehead atoms. The van der Waals surface area contributed by atoms with Gasteiger partial charge < -0.3 is 5.73 Å². The van der Waals surface area contributed by atoms with Crippen molar-refractivity contribution >= 4 is 15.9 Å². The van der Waals surface area contributed by atoms with Crippen LogP contribution in [0.15, 0.2) is 16.6 Å². The van der Waals surface area contributed by atoms with E-state index >= 15 is 0 Å². The number of nitrogens with two attached hydrogens (primary N) is 1. The van der Waals surface area contributed by atoms with E-state index in [1.165, 1.54) is 40.4 Å². The first-order valence-corrected chi connectivity index (χ1v) is 6.89. The topological polar surface area (TPSA) is 26.0 Å². The Morgan fingerprint density at radius 1 is 1.31 bits per heavy atom. The van der Waals surface area contributed by atoms with Crippen LogP contribution in [0, 0.1) is 19.8 Å². The standard InChI is InChI=1S/C14H20BrN/c1-9-6-12(7-10(2)14(9)15)13(16)8-11-4-3-5-11/h6-7,11,13H,3-5,8,16H2,1-2H3. The average Bonchev–Trinajstić information content (AvgIpc) is 2.19. The van der Waals surface area contributed by atoms with E-state index in [0.29, 0.717) is 0 Å². The van der Waals surface area contributed by atoms with E-state index in [-0.39, 0.29) is 6.04 Å². The lowest BCUT2D eigenvalue weighted by Gasteiger charge is -2.28. The fourth-order valence-electron chi connectivity index (χ4n) is 2.42. The summed E-state index contributed by atoms with van der Waals surface area (Å²) in [4.78, 5) is 0. The Morgan fingerprint density at radius 2 is 1.88 bits per heavy atom. The van der Waals surface area contributed by atoms with Crippen LogP contribution in [0.3, 0.4) is 0 Å². The minimum atomic E-state index is 0.218. The molecule has 0 aromatic heterocycles. The molecule has 2 N–H and O–H groups in total. The highest BCUT2D eigenvalue weighted by Gasteiger charge is 2.21. The maximum Gasteiger partial charge on any atom is 0.0297 e. The molecule has 0 heterocycles. The Bertz CT molecular complexity index is 359. The first-order valence-electron chi connectivity index (χ1n) is 6.10. The summed E-state index contributed by atoms with van der Waals surface area (Å²) in [5.74, 6) is 0.874. The monoisotopic (exact) mass is 281 g/mol. The summed E-state index contributed by atoms with van der Waals surface area (Å²) in [6.07, 6.45) is 5.31. The van der Waals surface area contributed by atoms with Crippen molar-refractivity contribution in [3.8, 4) is 0 Å². The van der Waals surface area contributed by atoms with E-state index in [4.69, 9.17) is 5.73 Å². The second kappa shape index (κ2) is 4.89. The van der Waals surface area contributed by atoms with Crippen LogP contribution in [0.4, 0.5) is 0 Å². The summed E-state index contributed by atoms with van der Waals surface area (Å²) < 4.78 is 1.21. The lowest BCUT2D eigenvalue weighted by molar-refractivity contribution is 0.277. The molecule has 1 aliphatic rings. The maximum absolute atomic E-state index is 6.28. The van der Waals surface area contributed by atoms with Crippen molar-refractivity contribution in [3.63, 3.8) is 0 Å². The van der Waals surface area contributed by atoms with Crippen LogP contribution in [-0.4, -0.2) is 0 Å². The summed E-state index contributed by atoms with van der Waals surface area (Å²) in [5.41, 5.74) is 10.2. The van der Waals surface area contributed by atoms with Gasteiger partial charge in [0.15, 0.2) is 0 Å². The van der Waals surface area contributed by atoms with Gasteiger partial charge in [0.05, 0.1) is 0 Å². The van der Waals surface area contributed by atoms with Gasteiger partial charge in [0.2, 0.25) is 0 Å². The molecule has 0 saturated heterocycles. The third-order valence-electron chi connectivity index (χ3n) is 3.70. The summed E-state index contributed by atoms with van der Waals surface area (Å²) in [5, 5.41) is 0. The van der Waals surface area contributed by atoms with Crippen molar-refractivity contribution in [2.75, 3.05) is 0 Å². The molecule has 16 heavy (non-hydrogen) atoms. The molecule has 88 valence electrons. The molecule has 2 heteroatoms. The first-order chi connectivity index (χ1) is 7.58. The molecular formula is C14H20BrN. The summed E-state index contributed by atoms with van der Waals surface area (Å²) >= 11 is 3.60. The van der Waals surface area contributed by atoms with E-state index in [1.54, 1.807) is 0 Å². The molecule has 1 unspecified atom stereocenters. The summed E-state index contributed by atoms with van der Waals surface area (Å²) in [7, 11) is 0. The van der Waals surface area contributed by atoms with Gasteiger partial charge >= 0.3 is 0 Å². The van der Waals surface area contributed by atoms with Gasteiger partial charge in [-0.25, -0.2) is 0 Å². The Hall–Kier alpha value is -0.340. The van der Waals surface area contributed by atoms with Gasteiger partial charge in [-0.15, -0.1) is 0 Å². The predicted octanol–water partition coefficient (Wildman–Crippen LogP) is 4.26. The molecule has 1 aromatic carbocycles. The van der Waals surface area contributed by atoms with Gasteiger partial charge in [0.25, 0.3) is 0 Å². The lowest BCUT2D eigenvalue weighted by Crippen LogP contribution is -2.20. The van der Waals surface area contributed by atoms with E-state index in [0.717, 1.165) is 12.3 Å². The lowest BCUT2D eigenvalue weighted by atomic mass is 9.79. The van der Waals surface area contributed by atoms with Crippen LogP contribution < -0.4 is 5.73 Å². The summed E-state index contributed by atoms with van der Waals surface area (Å²) in [6, 6.07) is 4.66. The van der Waals surface area contributed by atoms with Crippen molar-refractivity contribution in [1.82, 2.24) is 0 Å². The van der Waals surface area contributed by atoms with Crippen LogP contribution in [0.1, 0.15) is 48.4 Å². The fourth-order valence-corrected chi connectivity index (χ4v) is 2.65. The van der Waals surface area contributed by atoms with Gasteiger partial charge in [0, 0.05) is 10.5 Å². The highest BCUT2D eigenvalue weighted by atomic mass is 79.9. The van der Waals surface area contributed by atoms with Crippen molar-refractivity contribution < 1.29 is 0 Å². The maximum atomic E-state index is 6.28. The molecule has 1 aromatic rings. The largest absolute Gasteiger partial charge is 0.324 e. The zero-order valence-corrected chi connectivity index (χ0v) is 11.7. The second-order valence-corrected chi connectivity index (χ2v) is 5.90. The predicted molar refractivity (Wildman–Crippen MR) is 72.5 cm³/mol. The highest BCUT2D eigenvalue weighted by molar-refractivity contribution is 9.10. The molecule has 1 atom stereocenters. The molecule has 1 aliphatic carbocycles. The van der Waals surface area contributed by atoms with Gasteiger partial charge in [0.1, 0.15) is 0 Å². The second-order valence-electron chi connectivity index (χ2n) is 5.11. The Labute approximate surface area is 107 Å². The molecule has 0 spiro atoms. The van der Waals surface area contributed by atoms with Gasteiger partial charge in [-0.3, -0.25) is 0 Å². The van der Waals surface area contributed by atoms with Crippen LogP contribution >= 0.6 is 15.9 Å². The van der Waals surface area contributed by atoms with E-state index in [9.17, 15) is 0 Å². The number of aryl methyl sites for hydroxylation is 2. The molecule has 0 amide bonds. The third kappa shape index (κ3) is 2.49. The first kappa shape index (κ1) is 12.1. The number of hydrogen-bond donors (Lipinski definition) is 1. The average molecular weight is 282 g/mol. The minimum absolute atomic E-state index is 0.218. The zero-order valence-electron chi connectivity index (χ0n) is 10.1. The van der Waals surface area contributed by atoms with Crippen molar-refractivity contribution in [2.45, 2.75) is 45.6 Å². The van der Waals surface area contributed by atoms with Crippen LogP contribution in [0.5, 0.6) is 0 Å². The smallest absolute Gasteiger partial charge is 0.0297 e. The fraction of sp³-hybridized carbons (Fsp3) is 0.571. The van der Waals surface area contributed by atoms with Crippen LogP contribution in [0.25, 0.3) is 0 Å². The Kier molecular flexibility index (Phi) is 3.70. The van der Waals surface area contributed by atoms with Crippen molar-refractivity contribution in [2.24, 2.45) is 11.7 Å². The number of rotatable bonds is 3. The third-order valence-corrected chi connectivity index (χ3v) is 4.95. The van der Waals surface area contributed by atoms with Gasteiger partial charge in [-0.1, -0.05) is 47.3 Å². The van der Waals surface area contributed by atoms with E-state index < -0.39 is 0 Å². The van der Waals surface area contributed by atoms with E-state index in [2.05, 4.69) is 41.9 Å². The van der Waals surface area contributed by atoms with Crippen molar-refractivity contribution in [1.29, 1.82) is 0 Å². The van der Waals surface area contributed by atoms with Crippen LogP contribution in [0.2, 0.25) is 0 Å². The molecule has 1 fully saturated rings. The Balaban J connectivity index is 2.12. The zero-order chi connectivity index (χ0) is 11.7. The minimum Gasteiger partial charge on any atom is -0.324 e. The molecule has 1 saturated carbocycles. The summed E-state index contributed by atoms with van der Waals surface area (Å²) in [6.45, 7) is 4.27. The quantitative estimate of drug-likeness (QED) is 0.881. The Morgan fingerprint density at radius 3 is 2.31 bits per heavy atom. The molecular weight excluding hydrogens is 262 g/mol. The van der Waals surface area contributed by atoms with Crippen molar-refractivity contribution in [3.05, 3.63) is 33.3 Å². The molecule has 2 rings (SSSR count). The number of hydrogen-bond acceptors (Lipinski definition) is 1. The van der Waals surface area contributed by atoms with Crippen LogP contribution in [-0.2, 0) is 0 Å². The molecule has 0 aliphatic heterocycles. The molecule has 1 nitrogen and oxygen atoms in total. The number of halogens is 1. The van der Waals surface area contributed by atoms with E-state index in [1.807, 2.05) is 0 Å². The molecule has 0 radical (unpaired) electrons. The SMILES string of the molecule is Cc1cc(C(N)CC2CCC2)cc(C)c1Br. The number of benzene rings is 1. The van der Waals surface area contributed by atoms with Gasteiger partial charge in [-0.2, -0.15) is 0 Å². The van der Waals surface area contributed by atoms with Gasteiger partial charge in [-0.05, 0) is 42.9 Å².